The molecular formula is C22H22N4O3. The summed E-state index contributed by atoms with van der Waals surface area (Å²) in [5.41, 5.74) is 2.68. The van der Waals surface area contributed by atoms with Crippen LogP contribution in [0.5, 0.6) is 0 Å². The molecule has 0 radical (unpaired) electrons. The van der Waals surface area contributed by atoms with Crippen molar-refractivity contribution in [3.05, 3.63) is 65.5 Å². The molecule has 0 bridgehead atoms. The number of imide groups is 2. The monoisotopic (exact) mass is 390 g/mol. The Hall–Kier alpha value is -3.48. The number of nitrogens with one attached hydrogen (secondary N) is 1. The summed E-state index contributed by atoms with van der Waals surface area (Å²) in [6.07, 6.45) is 12.0. The lowest BCUT2D eigenvalue weighted by molar-refractivity contribution is -0.130. The van der Waals surface area contributed by atoms with Crippen molar-refractivity contribution in [2.75, 3.05) is 6.54 Å². The van der Waals surface area contributed by atoms with Crippen LogP contribution in [-0.2, 0) is 9.59 Å². The van der Waals surface area contributed by atoms with E-state index in [-0.39, 0.29) is 12.1 Å². The number of rotatable bonds is 5. The molecule has 1 aromatic carbocycles. The zero-order valence-electron chi connectivity index (χ0n) is 16.0. The second-order valence-corrected chi connectivity index (χ2v) is 7.19. The van der Waals surface area contributed by atoms with Crippen LogP contribution in [0.3, 0.4) is 0 Å². The maximum absolute atomic E-state index is 12.8. The molecule has 2 heterocycles. The van der Waals surface area contributed by atoms with Gasteiger partial charge in [0.05, 0.1) is 11.9 Å². The summed E-state index contributed by atoms with van der Waals surface area (Å²) in [6, 6.07) is 8.87. The number of benzene rings is 1. The van der Waals surface area contributed by atoms with Crippen LogP contribution < -0.4 is 5.32 Å². The third-order valence-corrected chi connectivity index (χ3v) is 5.16. The van der Waals surface area contributed by atoms with Gasteiger partial charge in [-0.15, -0.1) is 0 Å². The normalized spacial score (nSPS) is 18.8. The number of allylic oxidation sites excluding steroid dienone is 1. The highest BCUT2D eigenvalue weighted by Gasteiger charge is 2.35. The molecule has 1 N–H and O–H groups in total. The van der Waals surface area contributed by atoms with E-state index >= 15 is 0 Å². The molecule has 1 saturated heterocycles. The number of aromatic nitrogens is 2. The van der Waals surface area contributed by atoms with Crippen LogP contribution in [0.15, 0.2) is 59.9 Å². The minimum absolute atomic E-state index is 0.0603. The lowest BCUT2D eigenvalue weighted by Gasteiger charge is -2.27. The van der Waals surface area contributed by atoms with Gasteiger partial charge in [-0.25, -0.2) is 9.48 Å². The maximum Gasteiger partial charge on any atom is 0.331 e. The minimum atomic E-state index is -0.680. The van der Waals surface area contributed by atoms with Gasteiger partial charge in [0.2, 0.25) is 0 Å². The third-order valence-electron chi connectivity index (χ3n) is 5.16. The summed E-state index contributed by atoms with van der Waals surface area (Å²) in [6.45, 7) is 0.268. The number of hydrogen-bond acceptors (Lipinski definition) is 4. The first kappa shape index (κ1) is 18.9. The highest BCUT2D eigenvalue weighted by Crippen LogP contribution is 2.22. The molecule has 29 heavy (non-hydrogen) atoms. The SMILES string of the molecule is O=C1NC(=O)N(CCC2=CCCCC2)C(=O)C1=Cc1cnn(-c2ccccc2)c1. The molecule has 1 aromatic heterocycles. The number of hydrogen-bond donors (Lipinski definition) is 1. The van der Waals surface area contributed by atoms with Gasteiger partial charge in [0.25, 0.3) is 11.8 Å². The van der Waals surface area contributed by atoms with Crippen molar-refractivity contribution in [1.82, 2.24) is 20.0 Å². The van der Waals surface area contributed by atoms with E-state index in [0.717, 1.165) is 29.8 Å². The van der Waals surface area contributed by atoms with Crippen molar-refractivity contribution in [2.45, 2.75) is 32.1 Å². The zero-order valence-corrected chi connectivity index (χ0v) is 16.0. The Balaban J connectivity index is 1.52. The summed E-state index contributed by atoms with van der Waals surface area (Å²) in [5.74, 6) is -1.25. The van der Waals surface area contributed by atoms with Crippen molar-refractivity contribution in [2.24, 2.45) is 0 Å². The van der Waals surface area contributed by atoms with E-state index in [9.17, 15) is 14.4 Å². The lowest BCUT2D eigenvalue weighted by atomic mass is 9.97. The summed E-state index contributed by atoms with van der Waals surface area (Å²) in [4.78, 5) is 38.4. The number of barbiturate groups is 1. The highest BCUT2D eigenvalue weighted by atomic mass is 16.2. The minimum Gasteiger partial charge on any atom is -0.273 e. The average Bonchev–Trinajstić information content (AvgIpc) is 3.21. The summed E-state index contributed by atoms with van der Waals surface area (Å²) in [7, 11) is 0. The molecule has 1 aliphatic heterocycles. The Bertz CT molecular complexity index is 1000. The Kier molecular flexibility index (Phi) is 5.37. The fourth-order valence-electron chi connectivity index (χ4n) is 3.58. The molecule has 2 aromatic rings. The van der Waals surface area contributed by atoms with E-state index in [2.05, 4.69) is 16.5 Å². The van der Waals surface area contributed by atoms with Crippen LogP contribution >= 0.6 is 0 Å². The second kappa shape index (κ2) is 8.26. The molecule has 2 aliphatic rings. The maximum atomic E-state index is 12.8. The fourth-order valence-corrected chi connectivity index (χ4v) is 3.58. The molecule has 0 spiro atoms. The summed E-state index contributed by atoms with van der Waals surface area (Å²) in [5, 5.41) is 6.54. The van der Waals surface area contributed by atoms with Gasteiger partial charge in [-0.2, -0.15) is 5.10 Å². The molecule has 4 amide bonds. The quantitative estimate of drug-likeness (QED) is 0.483. The van der Waals surface area contributed by atoms with Crippen LogP contribution in [0.1, 0.15) is 37.7 Å². The Labute approximate surface area is 168 Å². The Morgan fingerprint density at radius 1 is 1.10 bits per heavy atom. The van der Waals surface area contributed by atoms with E-state index in [0.29, 0.717) is 12.0 Å². The number of amides is 4. The van der Waals surface area contributed by atoms with E-state index < -0.39 is 17.8 Å². The van der Waals surface area contributed by atoms with Crippen molar-refractivity contribution in [3.63, 3.8) is 0 Å². The van der Waals surface area contributed by atoms with Crippen molar-refractivity contribution >= 4 is 23.9 Å². The lowest BCUT2D eigenvalue weighted by Crippen LogP contribution is -2.54. The van der Waals surface area contributed by atoms with E-state index in [1.807, 2.05) is 30.3 Å². The van der Waals surface area contributed by atoms with Gasteiger partial charge in [-0.3, -0.25) is 19.8 Å². The molecule has 7 nitrogen and oxygen atoms in total. The molecule has 0 saturated carbocycles. The van der Waals surface area contributed by atoms with E-state index in [1.165, 1.54) is 18.1 Å². The molecule has 7 heteroatoms. The van der Waals surface area contributed by atoms with Gasteiger partial charge in [-0.1, -0.05) is 29.8 Å². The first-order valence-electron chi connectivity index (χ1n) is 9.79. The number of carbonyl (C=O) groups excluding carboxylic acids is 3. The van der Waals surface area contributed by atoms with Crippen molar-refractivity contribution in [3.8, 4) is 5.69 Å². The van der Waals surface area contributed by atoms with Crippen LogP contribution in [0.4, 0.5) is 4.79 Å². The topological polar surface area (TPSA) is 84.3 Å². The number of nitrogens with zero attached hydrogens (tertiary/aromatic N) is 3. The van der Waals surface area contributed by atoms with Gasteiger partial charge in [-0.05, 0) is 50.3 Å². The first-order valence-corrected chi connectivity index (χ1v) is 9.79. The van der Waals surface area contributed by atoms with Crippen LogP contribution in [0, 0.1) is 0 Å². The van der Waals surface area contributed by atoms with Gasteiger partial charge < -0.3 is 0 Å². The number of para-hydroxylation sites is 1. The first-order chi connectivity index (χ1) is 14.1. The molecule has 0 atom stereocenters. The van der Waals surface area contributed by atoms with E-state index in [4.69, 9.17) is 0 Å². The number of carbonyl (C=O) groups is 3. The second-order valence-electron chi connectivity index (χ2n) is 7.19. The molecule has 4 rings (SSSR count). The van der Waals surface area contributed by atoms with Gasteiger partial charge in [0.1, 0.15) is 5.57 Å². The predicted molar refractivity (Wildman–Crippen MR) is 108 cm³/mol. The molecule has 1 aliphatic carbocycles. The largest absolute Gasteiger partial charge is 0.331 e. The highest BCUT2D eigenvalue weighted by molar-refractivity contribution is 6.31. The van der Waals surface area contributed by atoms with Gasteiger partial charge in [0, 0.05) is 18.3 Å². The molecule has 0 unspecified atom stereocenters. The van der Waals surface area contributed by atoms with Crippen molar-refractivity contribution in [1.29, 1.82) is 0 Å². The number of urea groups is 1. The molecule has 1 fully saturated rings. The van der Waals surface area contributed by atoms with Crippen LogP contribution in [0.25, 0.3) is 11.8 Å². The van der Waals surface area contributed by atoms with E-state index in [1.54, 1.807) is 17.1 Å². The molecule has 148 valence electrons. The average molecular weight is 390 g/mol. The third kappa shape index (κ3) is 4.18. The fraction of sp³-hybridized carbons (Fsp3) is 0.273. The summed E-state index contributed by atoms with van der Waals surface area (Å²) < 4.78 is 1.66. The Morgan fingerprint density at radius 2 is 1.93 bits per heavy atom. The Morgan fingerprint density at radius 3 is 2.69 bits per heavy atom. The van der Waals surface area contributed by atoms with Gasteiger partial charge in [0.15, 0.2) is 0 Å². The van der Waals surface area contributed by atoms with Crippen LogP contribution in [-0.4, -0.2) is 39.1 Å². The smallest absolute Gasteiger partial charge is 0.273 e. The zero-order chi connectivity index (χ0) is 20.2. The standard InChI is InChI=1S/C22H22N4O3/c27-20-19(13-17-14-23-26(15-17)18-9-5-2-6-10-18)21(28)25(22(29)24-20)12-11-16-7-3-1-4-8-16/h2,5-7,9-10,13-15H,1,3-4,8,11-12H2,(H,24,27,29). The summed E-state index contributed by atoms with van der Waals surface area (Å²) >= 11 is 0. The van der Waals surface area contributed by atoms with Gasteiger partial charge >= 0.3 is 6.03 Å². The van der Waals surface area contributed by atoms with Crippen molar-refractivity contribution < 1.29 is 14.4 Å². The predicted octanol–water partition coefficient (Wildman–Crippen LogP) is 3.22. The molecular weight excluding hydrogens is 368 g/mol. The van der Waals surface area contributed by atoms with Crippen LogP contribution in [0.2, 0.25) is 0 Å².